The van der Waals surface area contributed by atoms with E-state index in [-0.39, 0.29) is 43.2 Å². The Morgan fingerprint density at radius 2 is 1.90 bits per heavy atom. The zero-order valence-electron chi connectivity index (χ0n) is 22.4. The summed E-state index contributed by atoms with van der Waals surface area (Å²) in [5.41, 5.74) is -0.401. The maximum Gasteiger partial charge on any atom is 0.416 e. The van der Waals surface area contributed by atoms with E-state index in [0.29, 0.717) is 25.3 Å². The fourth-order valence-electron chi connectivity index (χ4n) is 5.53. The van der Waals surface area contributed by atoms with Crippen molar-refractivity contribution in [1.29, 1.82) is 0 Å². The molecule has 0 spiro atoms. The Bertz CT molecular complexity index is 1360. The number of hydrogen-bond acceptors (Lipinski definition) is 6. The van der Waals surface area contributed by atoms with E-state index in [2.05, 4.69) is 19.9 Å². The zero-order valence-corrected chi connectivity index (χ0v) is 24.5. The third-order valence-corrected chi connectivity index (χ3v) is 10.2. The van der Waals surface area contributed by atoms with E-state index < -0.39 is 38.3 Å². The highest BCUT2D eigenvalue weighted by atomic mass is 127. The largest absolute Gasteiger partial charge is 0.416 e. The fourth-order valence-corrected chi connectivity index (χ4v) is 7.68. The molecule has 8 nitrogen and oxygen atoms in total. The molecule has 1 N–H and O–H groups in total. The molecule has 222 valence electrons. The van der Waals surface area contributed by atoms with Gasteiger partial charge in [-0.2, -0.15) is 13.2 Å². The minimum atomic E-state index is -4.60. The lowest BCUT2D eigenvalue weighted by Gasteiger charge is -2.29. The Labute approximate surface area is 245 Å². The Morgan fingerprint density at radius 3 is 2.63 bits per heavy atom. The summed E-state index contributed by atoms with van der Waals surface area (Å²) in [6.45, 7) is 8.04. The predicted molar refractivity (Wildman–Crippen MR) is 157 cm³/mol. The fraction of sp³-hybridized carbons (Fsp3) is 0.464. The number of fused-ring (bicyclic) bond motifs is 1. The third kappa shape index (κ3) is 7.24. The van der Waals surface area contributed by atoms with Crippen molar-refractivity contribution in [2.75, 3.05) is 50.8 Å². The molecule has 4 heterocycles. The number of carbonyl (C=O) groups is 1. The molecule has 1 aromatic heterocycles. The van der Waals surface area contributed by atoms with Gasteiger partial charge in [-0.15, -0.1) is 6.58 Å². The number of nitrogens with zero attached hydrogens (tertiary/aromatic N) is 4. The van der Waals surface area contributed by atoms with Crippen molar-refractivity contribution in [3.63, 3.8) is 0 Å². The monoisotopic (exact) mass is 689 g/mol. The maximum atomic E-state index is 13.3. The lowest BCUT2D eigenvalue weighted by molar-refractivity contribution is -0.138. The smallest absolute Gasteiger partial charge is 0.370 e. The van der Waals surface area contributed by atoms with Crippen LogP contribution in [0.2, 0.25) is 0 Å². The molecule has 0 radical (unpaired) electrons. The van der Waals surface area contributed by atoms with Crippen LogP contribution >= 0.6 is 21.0 Å². The summed E-state index contributed by atoms with van der Waals surface area (Å²) in [6.07, 6.45) is -2.05. The van der Waals surface area contributed by atoms with E-state index in [4.69, 9.17) is 4.74 Å². The Hall–Kier alpha value is -2.62. The zero-order chi connectivity index (χ0) is 29.1. The minimum Gasteiger partial charge on any atom is -0.370 e. The first-order valence-electron chi connectivity index (χ1n) is 13.4. The molecule has 0 saturated carbocycles. The number of aromatic nitrogens is 1. The molecule has 3 aliphatic heterocycles. The first-order valence-corrected chi connectivity index (χ1v) is 15.5. The number of nitrogens with one attached hydrogen (secondary N) is 1. The van der Waals surface area contributed by atoms with Gasteiger partial charge in [-0.3, -0.25) is 19.4 Å². The number of rotatable bonds is 8. The van der Waals surface area contributed by atoms with E-state index >= 15 is 0 Å². The minimum absolute atomic E-state index is 0.0363. The van der Waals surface area contributed by atoms with Crippen LogP contribution < -0.4 is 14.0 Å². The standard InChI is InChI=1S/C28H32F4IN5O3/c1-2-11-41-25-17-37(22-7-8-36(15-22)21-5-3-20(29)4-6-21)16-24(25)33-34-26(39)18-35-9-10-38-23(14-35)12-19(13-27(38)40)28(30,31)32/h2-6,12-13,22,25H,1,7-11,14-18H2,(H,34,39)/t22?,25-/m0/s1. The molecule has 0 aliphatic carbocycles. The van der Waals surface area contributed by atoms with Crippen LogP contribution in [0, 0.1) is 5.82 Å². The summed E-state index contributed by atoms with van der Waals surface area (Å²) in [4.78, 5) is 31.4. The first kappa shape index (κ1) is 29.9. The molecule has 1 amide bonds. The molecule has 13 heteroatoms. The van der Waals surface area contributed by atoms with Crippen molar-refractivity contribution in [1.82, 2.24) is 17.9 Å². The molecular weight excluding hydrogens is 657 g/mol. The molecule has 2 saturated heterocycles. The van der Waals surface area contributed by atoms with Gasteiger partial charge in [-0.1, -0.05) is 6.08 Å². The summed E-state index contributed by atoms with van der Waals surface area (Å²) in [5, 5.41) is 0. The van der Waals surface area contributed by atoms with Gasteiger partial charge in [0.15, 0.2) is 0 Å². The van der Waals surface area contributed by atoms with Crippen LogP contribution in [0.25, 0.3) is 0 Å². The van der Waals surface area contributed by atoms with Gasteiger partial charge in [-0.05, 0) is 36.8 Å². The number of pyridine rings is 1. The van der Waals surface area contributed by atoms with Crippen LogP contribution in [0.1, 0.15) is 17.7 Å². The molecule has 2 aromatic rings. The van der Waals surface area contributed by atoms with Gasteiger partial charge in [0, 0.05) is 93.8 Å². The van der Waals surface area contributed by atoms with Gasteiger partial charge in [0.25, 0.3) is 5.56 Å². The molecule has 1 aromatic carbocycles. The van der Waals surface area contributed by atoms with Gasteiger partial charge in [0.1, 0.15) is 5.82 Å². The number of amides is 1. The maximum absolute atomic E-state index is 13.3. The summed E-state index contributed by atoms with van der Waals surface area (Å²) in [7, 11) is 0. The van der Waals surface area contributed by atoms with Crippen LogP contribution in [0.4, 0.5) is 23.2 Å². The first-order chi connectivity index (χ1) is 19.6. The Kier molecular flexibility index (Phi) is 9.26. The van der Waals surface area contributed by atoms with Crippen molar-refractivity contribution in [2.45, 2.75) is 37.8 Å². The SMILES string of the molecule is C=CCO[C@H]1CN(C2CCN(c3ccc(F)cc3)C2)CC1=INC(=O)CN1CCn2c(cc(C(F)(F)F)cc2=O)C1. The van der Waals surface area contributed by atoms with Crippen molar-refractivity contribution in [3.8, 4) is 0 Å². The van der Waals surface area contributed by atoms with Crippen LogP contribution in [-0.2, 0) is 28.8 Å². The highest BCUT2D eigenvalue weighted by Crippen LogP contribution is 2.30. The van der Waals surface area contributed by atoms with Gasteiger partial charge in [0.2, 0.25) is 5.91 Å². The summed E-state index contributed by atoms with van der Waals surface area (Å²) in [6, 6.07) is 8.46. The molecule has 3 aliphatic rings. The van der Waals surface area contributed by atoms with Crippen LogP contribution in [0.5, 0.6) is 0 Å². The average molecular weight is 689 g/mol. The molecule has 0 bridgehead atoms. The second kappa shape index (κ2) is 12.7. The Balaban J connectivity index is 1.19. The topological polar surface area (TPSA) is 70.1 Å². The highest BCUT2D eigenvalue weighted by molar-refractivity contribution is 14.2. The van der Waals surface area contributed by atoms with E-state index in [9.17, 15) is 27.2 Å². The quantitative estimate of drug-likeness (QED) is 0.199. The third-order valence-electron chi connectivity index (χ3n) is 7.60. The molecule has 1 unspecified atom stereocenters. The highest BCUT2D eigenvalue weighted by Gasteiger charge is 2.37. The second-order valence-electron chi connectivity index (χ2n) is 10.4. The number of ether oxygens (including phenoxy) is 1. The second-order valence-corrected chi connectivity index (χ2v) is 12.9. The van der Waals surface area contributed by atoms with E-state index in [1.54, 1.807) is 23.1 Å². The van der Waals surface area contributed by atoms with Crippen LogP contribution in [0.3, 0.4) is 0 Å². The molecule has 2 atom stereocenters. The molecule has 5 rings (SSSR count). The van der Waals surface area contributed by atoms with Gasteiger partial charge in [0.05, 0.1) is 24.8 Å². The number of alkyl halides is 3. The number of halogens is 5. The average Bonchev–Trinajstić information content (AvgIpc) is 3.58. The van der Waals surface area contributed by atoms with Crippen LogP contribution in [-0.4, -0.2) is 81.8 Å². The predicted octanol–water partition coefficient (Wildman–Crippen LogP) is 3.16. The Morgan fingerprint density at radius 1 is 1.12 bits per heavy atom. The van der Waals surface area contributed by atoms with E-state index in [1.165, 1.54) is 16.7 Å². The van der Waals surface area contributed by atoms with E-state index in [0.717, 1.165) is 47.9 Å². The number of carbonyl (C=O) groups excluding carboxylic acids is 1. The van der Waals surface area contributed by atoms with Gasteiger partial charge < -0.3 is 17.7 Å². The molecule has 41 heavy (non-hydrogen) atoms. The van der Waals surface area contributed by atoms with Gasteiger partial charge in [-0.25, -0.2) is 4.39 Å². The van der Waals surface area contributed by atoms with Crippen molar-refractivity contribution >= 4 is 36.1 Å². The lowest BCUT2D eigenvalue weighted by atomic mass is 10.1. The summed E-state index contributed by atoms with van der Waals surface area (Å²) >= 11 is -0.858. The molecule has 2 fully saturated rings. The number of anilines is 1. The normalized spacial score (nSPS) is 22.9. The number of likely N-dealkylation sites (tertiary alicyclic amines) is 1. The van der Waals surface area contributed by atoms with Crippen molar-refractivity contribution < 1.29 is 27.1 Å². The van der Waals surface area contributed by atoms with Crippen molar-refractivity contribution in [3.05, 3.63) is 76.5 Å². The van der Waals surface area contributed by atoms with Crippen molar-refractivity contribution in [2.24, 2.45) is 0 Å². The lowest BCUT2D eigenvalue weighted by Crippen LogP contribution is -2.43. The van der Waals surface area contributed by atoms with Crippen LogP contribution in [0.15, 0.2) is 53.8 Å². The van der Waals surface area contributed by atoms with E-state index in [1.807, 2.05) is 0 Å². The number of hydrogen-bond donors (Lipinski definition) is 1. The van der Waals surface area contributed by atoms with Gasteiger partial charge >= 0.3 is 6.18 Å². The summed E-state index contributed by atoms with van der Waals surface area (Å²) < 4.78 is 64.5. The number of benzene rings is 1. The molecular formula is C28H32F4IN5O3. The summed E-state index contributed by atoms with van der Waals surface area (Å²) in [5.74, 6) is -0.454.